The monoisotopic (exact) mass is 300 g/mol. The van der Waals surface area contributed by atoms with Crippen molar-refractivity contribution in [1.29, 1.82) is 0 Å². The van der Waals surface area contributed by atoms with Crippen LogP contribution in [0.2, 0.25) is 0 Å². The van der Waals surface area contributed by atoms with Crippen molar-refractivity contribution in [3.8, 4) is 0 Å². The van der Waals surface area contributed by atoms with Gasteiger partial charge in [-0.15, -0.1) is 0 Å². The van der Waals surface area contributed by atoms with Gasteiger partial charge in [-0.1, -0.05) is 12.1 Å². The van der Waals surface area contributed by atoms with Gasteiger partial charge < -0.3 is 10.6 Å². The zero-order valence-corrected chi connectivity index (χ0v) is 13.1. The molecular formula is C13H20N2O2S2. The van der Waals surface area contributed by atoms with Gasteiger partial charge in [-0.2, -0.15) is 11.8 Å². The lowest BCUT2D eigenvalue weighted by molar-refractivity contribution is 0.238. The standard InChI is InChI=1S/C13H20N2O2S2/c1-10(9-18-2)15-13(16)14-8-11-4-6-12(7-5-11)19(3)17/h4-7,10H,8-9H2,1-3H3,(H2,14,15,16)/t10-,19-/m1/s1. The Labute approximate surface area is 121 Å². The van der Waals surface area contributed by atoms with Crippen molar-refractivity contribution < 1.29 is 9.00 Å². The van der Waals surface area contributed by atoms with Gasteiger partial charge in [0, 0.05) is 40.3 Å². The second kappa shape index (κ2) is 8.22. The highest BCUT2D eigenvalue weighted by molar-refractivity contribution is 7.98. The van der Waals surface area contributed by atoms with Crippen molar-refractivity contribution in [3.63, 3.8) is 0 Å². The third-order valence-electron chi connectivity index (χ3n) is 2.50. The molecule has 2 amide bonds. The molecule has 0 aliphatic heterocycles. The van der Waals surface area contributed by atoms with Gasteiger partial charge in [-0.05, 0) is 30.9 Å². The van der Waals surface area contributed by atoms with Gasteiger partial charge >= 0.3 is 6.03 Å². The fraction of sp³-hybridized carbons (Fsp3) is 0.462. The highest BCUT2D eigenvalue weighted by Gasteiger charge is 2.06. The Morgan fingerprint density at radius 1 is 1.37 bits per heavy atom. The molecule has 1 rings (SSSR count). The first-order chi connectivity index (χ1) is 9.02. The van der Waals surface area contributed by atoms with Gasteiger partial charge in [0.2, 0.25) is 0 Å². The number of carbonyl (C=O) groups is 1. The summed E-state index contributed by atoms with van der Waals surface area (Å²) in [4.78, 5) is 12.4. The first kappa shape index (κ1) is 16.0. The molecule has 0 saturated heterocycles. The molecule has 0 bridgehead atoms. The summed E-state index contributed by atoms with van der Waals surface area (Å²) in [5.74, 6) is 0.893. The van der Waals surface area contributed by atoms with Crippen molar-refractivity contribution >= 4 is 28.6 Å². The Morgan fingerprint density at radius 3 is 2.53 bits per heavy atom. The van der Waals surface area contributed by atoms with E-state index in [-0.39, 0.29) is 12.1 Å². The predicted octanol–water partition coefficient (Wildman–Crippen LogP) is 1.97. The maximum atomic E-state index is 11.6. The number of amides is 2. The molecule has 0 spiro atoms. The van der Waals surface area contributed by atoms with Crippen molar-refractivity contribution in [2.24, 2.45) is 0 Å². The number of urea groups is 1. The number of rotatable bonds is 6. The number of nitrogens with one attached hydrogen (secondary N) is 2. The van der Waals surface area contributed by atoms with E-state index in [1.54, 1.807) is 18.0 Å². The van der Waals surface area contributed by atoms with Crippen molar-refractivity contribution in [1.82, 2.24) is 10.6 Å². The van der Waals surface area contributed by atoms with Crippen molar-refractivity contribution in [2.45, 2.75) is 24.4 Å². The van der Waals surface area contributed by atoms with E-state index in [1.165, 1.54) is 0 Å². The molecule has 4 nitrogen and oxygen atoms in total. The lowest BCUT2D eigenvalue weighted by Gasteiger charge is -2.13. The molecule has 1 aromatic carbocycles. The highest BCUT2D eigenvalue weighted by Crippen LogP contribution is 2.07. The maximum absolute atomic E-state index is 11.6. The third kappa shape index (κ3) is 6.11. The lowest BCUT2D eigenvalue weighted by Crippen LogP contribution is -2.41. The van der Waals surface area contributed by atoms with Crippen LogP contribution in [0.5, 0.6) is 0 Å². The highest BCUT2D eigenvalue weighted by atomic mass is 32.2. The van der Waals surface area contributed by atoms with Gasteiger partial charge in [-0.3, -0.25) is 4.21 Å². The van der Waals surface area contributed by atoms with Gasteiger partial charge in [0.25, 0.3) is 0 Å². The van der Waals surface area contributed by atoms with E-state index in [0.29, 0.717) is 6.54 Å². The Morgan fingerprint density at radius 2 is 2.00 bits per heavy atom. The summed E-state index contributed by atoms with van der Waals surface area (Å²) in [6.45, 7) is 2.44. The number of hydrogen-bond donors (Lipinski definition) is 2. The van der Waals surface area contributed by atoms with Crippen LogP contribution in [0.1, 0.15) is 12.5 Å². The molecule has 0 aliphatic carbocycles. The zero-order valence-electron chi connectivity index (χ0n) is 11.4. The lowest BCUT2D eigenvalue weighted by atomic mass is 10.2. The van der Waals surface area contributed by atoms with E-state index >= 15 is 0 Å². The molecule has 2 atom stereocenters. The van der Waals surface area contributed by atoms with Crippen LogP contribution in [-0.4, -0.2) is 34.5 Å². The van der Waals surface area contributed by atoms with Crippen molar-refractivity contribution in [2.75, 3.05) is 18.3 Å². The Hall–Kier alpha value is -1.01. The Bertz CT molecular complexity index is 435. The molecule has 1 aromatic rings. The van der Waals surface area contributed by atoms with Crippen LogP contribution in [0.25, 0.3) is 0 Å². The van der Waals surface area contributed by atoms with E-state index in [4.69, 9.17) is 0 Å². The van der Waals surface area contributed by atoms with E-state index < -0.39 is 10.8 Å². The van der Waals surface area contributed by atoms with Crippen LogP contribution in [-0.2, 0) is 17.3 Å². The normalized spacial score (nSPS) is 13.6. The summed E-state index contributed by atoms with van der Waals surface area (Å²) in [7, 11) is -0.962. The number of hydrogen-bond acceptors (Lipinski definition) is 3. The quantitative estimate of drug-likeness (QED) is 0.844. The van der Waals surface area contributed by atoms with Crippen LogP contribution < -0.4 is 10.6 Å². The summed E-state index contributed by atoms with van der Waals surface area (Å²) in [5, 5.41) is 5.66. The SMILES string of the molecule is CSC[C@@H](C)NC(=O)NCc1ccc([S@@](C)=O)cc1. The second-order valence-electron chi connectivity index (χ2n) is 4.28. The molecular weight excluding hydrogens is 280 g/mol. The van der Waals surface area contributed by atoms with Crippen molar-refractivity contribution in [3.05, 3.63) is 29.8 Å². The minimum Gasteiger partial charge on any atom is -0.335 e. The summed E-state index contributed by atoms with van der Waals surface area (Å²) in [6.07, 6.45) is 3.66. The summed E-state index contributed by atoms with van der Waals surface area (Å²) in [6, 6.07) is 7.39. The Balaban J connectivity index is 2.39. The molecule has 0 saturated carbocycles. The number of carbonyl (C=O) groups excluding carboxylic acids is 1. The largest absolute Gasteiger partial charge is 0.335 e. The Kier molecular flexibility index (Phi) is 6.94. The van der Waals surface area contributed by atoms with Crippen LogP contribution in [0, 0.1) is 0 Å². The van der Waals surface area contributed by atoms with E-state index in [2.05, 4.69) is 10.6 Å². The molecule has 6 heteroatoms. The summed E-state index contributed by atoms with van der Waals surface area (Å²) >= 11 is 1.70. The molecule has 0 aliphatic rings. The number of benzene rings is 1. The molecule has 0 unspecified atom stereocenters. The average Bonchev–Trinajstić information content (AvgIpc) is 2.37. The minimum absolute atomic E-state index is 0.153. The van der Waals surface area contributed by atoms with Crippen LogP contribution in [0.15, 0.2) is 29.2 Å². The summed E-state index contributed by atoms with van der Waals surface area (Å²) < 4.78 is 11.2. The van der Waals surface area contributed by atoms with Crippen LogP contribution in [0.4, 0.5) is 4.79 Å². The maximum Gasteiger partial charge on any atom is 0.315 e. The molecule has 0 aromatic heterocycles. The van der Waals surface area contributed by atoms with E-state index in [0.717, 1.165) is 16.2 Å². The first-order valence-corrected chi connectivity index (χ1v) is 8.93. The van der Waals surface area contributed by atoms with E-state index in [1.807, 2.05) is 37.4 Å². The zero-order chi connectivity index (χ0) is 14.3. The first-order valence-electron chi connectivity index (χ1n) is 5.98. The van der Waals surface area contributed by atoms with Gasteiger partial charge in [-0.25, -0.2) is 4.79 Å². The number of thioether (sulfide) groups is 1. The van der Waals surface area contributed by atoms with E-state index in [9.17, 15) is 9.00 Å². The average molecular weight is 300 g/mol. The molecule has 0 heterocycles. The van der Waals surface area contributed by atoms with Gasteiger partial charge in [0.05, 0.1) is 0 Å². The topological polar surface area (TPSA) is 58.2 Å². The minimum atomic E-state index is -0.962. The fourth-order valence-electron chi connectivity index (χ4n) is 1.55. The molecule has 0 radical (unpaired) electrons. The molecule has 19 heavy (non-hydrogen) atoms. The van der Waals surface area contributed by atoms with Gasteiger partial charge in [0.1, 0.15) is 0 Å². The third-order valence-corrected chi connectivity index (χ3v) is 4.27. The molecule has 106 valence electrons. The second-order valence-corrected chi connectivity index (χ2v) is 6.57. The van der Waals surface area contributed by atoms with Crippen LogP contribution in [0.3, 0.4) is 0 Å². The fourth-order valence-corrected chi connectivity index (χ4v) is 2.65. The van der Waals surface area contributed by atoms with Crippen LogP contribution >= 0.6 is 11.8 Å². The smallest absolute Gasteiger partial charge is 0.315 e. The molecule has 0 fully saturated rings. The predicted molar refractivity (Wildman–Crippen MR) is 82.0 cm³/mol. The summed E-state index contributed by atoms with van der Waals surface area (Å²) in [5.41, 5.74) is 0.988. The van der Waals surface area contributed by atoms with Gasteiger partial charge in [0.15, 0.2) is 0 Å². The molecule has 2 N–H and O–H groups in total.